The Labute approximate surface area is 105 Å². The molecule has 0 aromatic rings. The molecule has 3 N–H and O–H groups in total. The monoisotopic (exact) mass is 241 g/mol. The Balaban J connectivity index is 2.26. The van der Waals surface area contributed by atoms with Gasteiger partial charge in [-0.2, -0.15) is 0 Å². The van der Waals surface area contributed by atoms with Crippen LogP contribution < -0.4 is 11.1 Å². The van der Waals surface area contributed by atoms with Gasteiger partial charge in [0.25, 0.3) is 0 Å². The molecule has 2 unspecified atom stereocenters. The van der Waals surface area contributed by atoms with E-state index in [2.05, 4.69) is 17.1 Å². The number of rotatable bonds is 6. The van der Waals surface area contributed by atoms with Crippen LogP contribution >= 0.6 is 0 Å². The standard InChI is InChI=1S/C13H27N3O/c1-3-12(9-14)13(17)15-10-11(2)16-7-5-4-6-8-16/h11-12H,3-10,14H2,1-2H3,(H,15,17). The molecule has 1 rings (SSSR count). The summed E-state index contributed by atoms with van der Waals surface area (Å²) in [6.45, 7) is 7.73. The largest absolute Gasteiger partial charge is 0.354 e. The molecule has 0 aliphatic carbocycles. The summed E-state index contributed by atoms with van der Waals surface area (Å²) in [6.07, 6.45) is 4.75. The fourth-order valence-corrected chi connectivity index (χ4v) is 2.34. The molecule has 1 saturated heterocycles. The molecule has 0 aromatic carbocycles. The van der Waals surface area contributed by atoms with E-state index in [0.29, 0.717) is 12.6 Å². The van der Waals surface area contributed by atoms with E-state index >= 15 is 0 Å². The third-order valence-corrected chi connectivity index (χ3v) is 3.73. The van der Waals surface area contributed by atoms with Crippen LogP contribution in [0.3, 0.4) is 0 Å². The van der Waals surface area contributed by atoms with Gasteiger partial charge in [0.15, 0.2) is 0 Å². The Morgan fingerprint density at radius 3 is 2.53 bits per heavy atom. The molecule has 0 radical (unpaired) electrons. The predicted octanol–water partition coefficient (Wildman–Crippen LogP) is 0.962. The van der Waals surface area contributed by atoms with Crippen molar-refractivity contribution in [3.05, 3.63) is 0 Å². The van der Waals surface area contributed by atoms with Crippen LogP contribution in [0.5, 0.6) is 0 Å². The first-order chi connectivity index (χ1) is 8.19. The van der Waals surface area contributed by atoms with Gasteiger partial charge in [-0.3, -0.25) is 9.69 Å². The predicted molar refractivity (Wildman–Crippen MR) is 70.7 cm³/mol. The summed E-state index contributed by atoms with van der Waals surface area (Å²) in [6, 6.07) is 0.439. The minimum absolute atomic E-state index is 0.0245. The average Bonchev–Trinajstić information content (AvgIpc) is 2.38. The summed E-state index contributed by atoms with van der Waals surface area (Å²) in [5.41, 5.74) is 5.56. The number of carbonyl (C=O) groups excluding carboxylic acids is 1. The van der Waals surface area contributed by atoms with E-state index in [4.69, 9.17) is 5.73 Å². The van der Waals surface area contributed by atoms with E-state index in [-0.39, 0.29) is 11.8 Å². The first kappa shape index (κ1) is 14.5. The normalized spacial score (nSPS) is 20.9. The second-order valence-corrected chi connectivity index (χ2v) is 5.03. The first-order valence-corrected chi connectivity index (χ1v) is 6.90. The summed E-state index contributed by atoms with van der Waals surface area (Å²) in [5, 5.41) is 3.02. The van der Waals surface area contributed by atoms with Crippen molar-refractivity contribution in [2.75, 3.05) is 26.2 Å². The first-order valence-electron chi connectivity index (χ1n) is 6.90. The molecular formula is C13H27N3O. The zero-order valence-electron chi connectivity index (χ0n) is 11.2. The number of carbonyl (C=O) groups is 1. The molecule has 4 heteroatoms. The van der Waals surface area contributed by atoms with Crippen LogP contribution in [0.15, 0.2) is 0 Å². The van der Waals surface area contributed by atoms with Gasteiger partial charge < -0.3 is 11.1 Å². The summed E-state index contributed by atoms with van der Waals surface area (Å²) in [7, 11) is 0. The van der Waals surface area contributed by atoms with Crippen LogP contribution in [0, 0.1) is 5.92 Å². The van der Waals surface area contributed by atoms with Gasteiger partial charge in [-0.15, -0.1) is 0 Å². The number of piperidine rings is 1. The van der Waals surface area contributed by atoms with E-state index in [1.54, 1.807) is 0 Å². The number of amides is 1. The van der Waals surface area contributed by atoms with Gasteiger partial charge in [0.05, 0.1) is 0 Å². The maximum atomic E-state index is 11.8. The van der Waals surface area contributed by atoms with E-state index in [1.807, 2.05) is 6.92 Å². The summed E-state index contributed by atoms with van der Waals surface area (Å²) >= 11 is 0. The smallest absolute Gasteiger partial charge is 0.224 e. The lowest BCUT2D eigenvalue weighted by atomic mass is 10.1. The molecule has 17 heavy (non-hydrogen) atoms. The molecule has 1 amide bonds. The topological polar surface area (TPSA) is 58.4 Å². The van der Waals surface area contributed by atoms with Crippen LogP contribution in [0.25, 0.3) is 0 Å². The van der Waals surface area contributed by atoms with Gasteiger partial charge in [0, 0.05) is 25.0 Å². The molecule has 0 spiro atoms. The van der Waals surface area contributed by atoms with Crippen LogP contribution in [0.4, 0.5) is 0 Å². The molecule has 1 fully saturated rings. The number of nitrogens with zero attached hydrogens (tertiary/aromatic N) is 1. The minimum Gasteiger partial charge on any atom is -0.354 e. The second-order valence-electron chi connectivity index (χ2n) is 5.03. The summed E-state index contributed by atoms with van der Waals surface area (Å²) in [4.78, 5) is 14.2. The highest BCUT2D eigenvalue weighted by molar-refractivity contribution is 5.78. The van der Waals surface area contributed by atoms with E-state index in [1.165, 1.54) is 32.4 Å². The van der Waals surface area contributed by atoms with Gasteiger partial charge in [0.2, 0.25) is 5.91 Å². The quantitative estimate of drug-likeness (QED) is 0.728. The van der Waals surface area contributed by atoms with Crippen molar-refractivity contribution in [1.82, 2.24) is 10.2 Å². The molecule has 0 saturated carbocycles. The Kier molecular flexibility index (Phi) is 6.52. The molecule has 1 aliphatic heterocycles. The third-order valence-electron chi connectivity index (χ3n) is 3.73. The van der Waals surface area contributed by atoms with Crippen molar-refractivity contribution in [3.8, 4) is 0 Å². The second kappa shape index (κ2) is 7.67. The zero-order valence-corrected chi connectivity index (χ0v) is 11.2. The highest BCUT2D eigenvalue weighted by Gasteiger charge is 2.19. The lowest BCUT2D eigenvalue weighted by molar-refractivity contribution is -0.125. The maximum Gasteiger partial charge on any atom is 0.224 e. The molecule has 4 nitrogen and oxygen atoms in total. The van der Waals surface area contributed by atoms with Crippen molar-refractivity contribution in [1.29, 1.82) is 0 Å². The van der Waals surface area contributed by atoms with Gasteiger partial charge >= 0.3 is 0 Å². The van der Waals surface area contributed by atoms with Crippen molar-refractivity contribution in [3.63, 3.8) is 0 Å². The minimum atomic E-state index is -0.0245. The molecule has 0 aromatic heterocycles. The molecule has 0 bridgehead atoms. The maximum absolute atomic E-state index is 11.8. The zero-order chi connectivity index (χ0) is 12.7. The van der Waals surface area contributed by atoms with E-state index < -0.39 is 0 Å². The number of nitrogens with two attached hydrogens (primary N) is 1. The van der Waals surface area contributed by atoms with E-state index in [9.17, 15) is 4.79 Å². The van der Waals surface area contributed by atoms with Crippen molar-refractivity contribution >= 4 is 5.91 Å². The fraction of sp³-hybridized carbons (Fsp3) is 0.923. The molecule has 1 heterocycles. The van der Waals surface area contributed by atoms with Gasteiger partial charge in [-0.05, 0) is 39.3 Å². The summed E-state index contributed by atoms with van der Waals surface area (Å²) < 4.78 is 0. The molecule has 100 valence electrons. The molecule has 1 aliphatic rings. The number of hydrogen-bond donors (Lipinski definition) is 2. The Bertz CT molecular complexity index is 223. The number of likely N-dealkylation sites (tertiary alicyclic amines) is 1. The lowest BCUT2D eigenvalue weighted by Crippen LogP contribution is -2.46. The van der Waals surface area contributed by atoms with Crippen LogP contribution in [0.1, 0.15) is 39.5 Å². The highest BCUT2D eigenvalue weighted by atomic mass is 16.1. The van der Waals surface area contributed by atoms with Crippen LogP contribution in [-0.2, 0) is 4.79 Å². The van der Waals surface area contributed by atoms with Gasteiger partial charge in [-0.25, -0.2) is 0 Å². The number of hydrogen-bond acceptors (Lipinski definition) is 3. The van der Waals surface area contributed by atoms with Gasteiger partial charge in [0.1, 0.15) is 0 Å². The van der Waals surface area contributed by atoms with E-state index in [0.717, 1.165) is 13.0 Å². The van der Waals surface area contributed by atoms with Gasteiger partial charge in [-0.1, -0.05) is 13.3 Å². The Morgan fingerprint density at radius 1 is 1.35 bits per heavy atom. The number of nitrogens with one attached hydrogen (secondary N) is 1. The van der Waals surface area contributed by atoms with Crippen molar-refractivity contribution < 1.29 is 4.79 Å². The van der Waals surface area contributed by atoms with Crippen molar-refractivity contribution in [2.45, 2.75) is 45.6 Å². The summed E-state index contributed by atoms with van der Waals surface area (Å²) in [5.74, 6) is 0.0856. The molecular weight excluding hydrogens is 214 g/mol. The molecule has 2 atom stereocenters. The van der Waals surface area contributed by atoms with Crippen LogP contribution in [-0.4, -0.2) is 43.0 Å². The lowest BCUT2D eigenvalue weighted by Gasteiger charge is -2.32. The highest BCUT2D eigenvalue weighted by Crippen LogP contribution is 2.11. The third kappa shape index (κ3) is 4.64. The fourth-order valence-electron chi connectivity index (χ4n) is 2.34. The Morgan fingerprint density at radius 2 is 2.00 bits per heavy atom. The van der Waals surface area contributed by atoms with Crippen LogP contribution in [0.2, 0.25) is 0 Å². The average molecular weight is 241 g/mol. The SMILES string of the molecule is CCC(CN)C(=O)NCC(C)N1CCCCC1. The Hall–Kier alpha value is -0.610. The van der Waals surface area contributed by atoms with Crippen molar-refractivity contribution in [2.24, 2.45) is 11.7 Å².